The monoisotopic (exact) mass is 397 g/mol. The van der Waals surface area contributed by atoms with Crippen LogP contribution in [-0.2, 0) is 20.9 Å². The predicted octanol–water partition coefficient (Wildman–Crippen LogP) is 3.87. The molecule has 0 amide bonds. The summed E-state index contributed by atoms with van der Waals surface area (Å²) in [6.07, 6.45) is 2.45. The van der Waals surface area contributed by atoms with E-state index < -0.39 is 17.5 Å². The minimum Gasteiger partial charge on any atom is -0.507 e. The predicted molar refractivity (Wildman–Crippen MR) is 106 cm³/mol. The van der Waals surface area contributed by atoms with E-state index in [4.69, 9.17) is 4.74 Å². The van der Waals surface area contributed by atoms with E-state index in [1.807, 2.05) is 6.07 Å². The number of ketones is 1. The quantitative estimate of drug-likeness (QED) is 0.283. The van der Waals surface area contributed by atoms with E-state index in [0.29, 0.717) is 28.8 Å². The second kappa shape index (κ2) is 8.60. The molecule has 3 rings (SSSR count). The molecule has 0 spiro atoms. The number of aromatic nitrogens is 1. The molecule has 0 aliphatic carbocycles. The fraction of sp³-hybridized carbons (Fsp3) is 0.182. The van der Waals surface area contributed by atoms with E-state index in [-0.39, 0.29) is 12.4 Å². The summed E-state index contributed by atoms with van der Waals surface area (Å²) in [5, 5.41) is 11.1. The van der Waals surface area contributed by atoms with Gasteiger partial charge < -0.3 is 19.1 Å². The van der Waals surface area contributed by atoms with Crippen molar-refractivity contribution in [3.05, 3.63) is 71.7 Å². The standard InChI is InChI=1S/C22H20FNO5/c1-3-29-22(27)19(26)11-18(25)16-13-24(12-14-6-4-7-15(23)10-14)17-8-5-9-20(28-2)21(16)17/h4-11,13,25H,3,12H2,1-2H3/b18-11+. The molecular formula is C22H20FNO5. The summed E-state index contributed by atoms with van der Waals surface area (Å²) >= 11 is 0. The highest BCUT2D eigenvalue weighted by molar-refractivity contribution is 6.39. The van der Waals surface area contributed by atoms with Crippen LogP contribution < -0.4 is 4.74 Å². The summed E-state index contributed by atoms with van der Waals surface area (Å²) in [5.74, 6) is -2.27. The van der Waals surface area contributed by atoms with Gasteiger partial charge >= 0.3 is 5.97 Å². The number of rotatable bonds is 7. The van der Waals surface area contributed by atoms with Crippen molar-refractivity contribution in [2.45, 2.75) is 13.5 Å². The Morgan fingerprint density at radius 1 is 1.21 bits per heavy atom. The van der Waals surface area contributed by atoms with Crippen LogP contribution in [0, 0.1) is 5.82 Å². The van der Waals surface area contributed by atoms with Gasteiger partial charge in [0.25, 0.3) is 5.78 Å². The molecule has 0 aliphatic rings. The Morgan fingerprint density at radius 3 is 2.66 bits per heavy atom. The van der Waals surface area contributed by atoms with Gasteiger partial charge in [-0.25, -0.2) is 9.18 Å². The van der Waals surface area contributed by atoms with E-state index in [0.717, 1.165) is 11.6 Å². The highest BCUT2D eigenvalue weighted by atomic mass is 19.1. The van der Waals surface area contributed by atoms with E-state index in [9.17, 15) is 19.1 Å². The lowest BCUT2D eigenvalue weighted by atomic mass is 10.1. The van der Waals surface area contributed by atoms with Gasteiger partial charge in [-0.05, 0) is 36.8 Å². The molecule has 1 N–H and O–H groups in total. The highest BCUT2D eigenvalue weighted by Crippen LogP contribution is 2.34. The summed E-state index contributed by atoms with van der Waals surface area (Å²) in [4.78, 5) is 23.5. The molecule has 2 aromatic carbocycles. The van der Waals surface area contributed by atoms with Crippen molar-refractivity contribution < 1.29 is 28.6 Å². The average molecular weight is 397 g/mol. The zero-order valence-corrected chi connectivity index (χ0v) is 16.0. The van der Waals surface area contributed by atoms with E-state index in [1.165, 1.54) is 19.2 Å². The molecule has 0 saturated heterocycles. The van der Waals surface area contributed by atoms with Gasteiger partial charge in [-0.15, -0.1) is 0 Å². The molecule has 1 aromatic heterocycles. The number of aliphatic hydroxyl groups excluding tert-OH is 1. The maximum Gasteiger partial charge on any atom is 0.379 e. The summed E-state index contributed by atoms with van der Waals surface area (Å²) in [7, 11) is 1.49. The SMILES string of the molecule is CCOC(=O)C(=O)/C=C(/O)c1cn(Cc2cccc(F)c2)c2cccc(OC)c12. The molecule has 0 atom stereocenters. The highest BCUT2D eigenvalue weighted by Gasteiger charge is 2.19. The van der Waals surface area contributed by atoms with Crippen LogP contribution in [0.5, 0.6) is 5.75 Å². The van der Waals surface area contributed by atoms with Crippen molar-refractivity contribution in [2.24, 2.45) is 0 Å². The van der Waals surface area contributed by atoms with E-state index in [2.05, 4.69) is 4.74 Å². The van der Waals surface area contributed by atoms with Crippen molar-refractivity contribution in [2.75, 3.05) is 13.7 Å². The Balaban J connectivity index is 2.09. The zero-order valence-electron chi connectivity index (χ0n) is 16.0. The van der Waals surface area contributed by atoms with Crippen LogP contribution in [0.1, 0.15) is 18.1 Å². The van der Waals surface area contributed by atoms with Crippen LogP contribution >= 0.6 is 0 Å². The normalized spacial score (nSPS) is 11.5. The first kappa shape index (κ1) is 20.1. The molecule has 150 valence electrons. The number of hydrogen-bond donors (Lipinski definition) is 1. The maximum atomic E-state index is 13.6. The van der Waals surface area contributed by atoms with Gasteiger partial charge in [-0.1, -0.05) is 18.2 Å². The first-order valence-electron chi connectivity index (χ1n) is 8.97. The third-order valence-electron chi connectivity index (χ3n) is 4.35. The van der Waals surface area contributed by atoms with Gasteiger partial charge in [0, 0.05) is 24.4 Å². The molecule has 0 fully saturated rings. The molecule has 0 aliphatic heterocycles. The summed E-state index contributed by atoms with van der Waals surface area (Å²) in [6, 6.07) is 11.5. The van der Waals surface area contributed by atoms with Crippen LogP contribution in [0.25, 0.3) is 16.7 Å². The van der Waals surface area contributed by atoms with Crippen molar-refractivity contribution >= 4 is 28.4 Å². The first-order chi connectivity index (χ1) is 13.9. The van der Waals surface area contributed by atoms with Crippen molar-refractivity contribution in [3.8, 4) is 5.75 Å². The van der Waals surface area contributed by atoms with Crippen molar-refractivity contribution in [1.29, 1.82) is 0 Å². The smallest absolute Gasteiger partial charge is 0.379 e. The molecule has 3 aromatic rings. The molecule has 1 heterocycles. The van der Waals surface area contributed by atoms with Crippen LogP contribution in [-0.4, -0.2) is 35.1 Å². The Hall–Kier alpha value is -3.61. The number of methoxy groups -OCH3 is 1. The zero-order chi connectivity index (χ0) is 21.0. The lowest BCUT2D eigenvalue weighted by Gasteiger charge is -2.07. The third-order valence-corrected chi connectivity index (χ3v) is 4.35. The van der Waals surface area contributed by atoms with Crippen molar-refractivity contribution in [1.82, 2.24) is 4.57 Å². The largest absolute Gasteiger partial charge is 0.507 e. The second-order valence-corrected chi connectivity index (χ2v) is 6.27. The minimum absolute atomic E-state index is 0.0555. The Kier molecular flexibility index (Phi) is 5.97. The average Bonchev–Trinajstić information content (AvgIpc) is 3.07. The number of carbonyl (C=O) groups is 2. The number of aliphatic hydroxyl groups is 1. The Labute approximate surface area is 166 Å². The molecule has 7 heteroatoms. The Bertz CT molecular complexity index is 1100. The van der Waals surface area contributed by atoms with Gasteiger partial charge in [0.2, 0.25) is 0 Å². The minimum atomic E-state index is -1.05. The number of benzene rings is 2. The van der Waals surface area contributed by atoms with E-state index in [1.54, 1.807) is 42.0 Å². The fourth-order valence-corrected chi connectivity index (χ4v) is 3.11. The number of carbonyl (C=O) groups excluding carboxylic acids is 2. The van der Waals surface area contributed by atoms with E-state index >= 15 is 0 Å². The van der Waals surface area contributed by atoms with Crippen LogP contribution in [0.3, 0.4) is 0 Å². The van der Waals surface area contributed by atoms with Gasteiger partial charge in [0.1, 0.15) is 17.3 Å². The van der Waals surface area contributed by atoms with Crippen LogP contribution in [0.2, 0.25) is 0 Å². The van der Waals surface area contributed by atoms with Gasteiger partial charge in [-0.3, -0.25) is 4.79 Å². The topological polar surface area (TPSA) is 77.8 Å². The number of esters is 1. The Morgan fingerprint density at radius 2 is 1.97 bits per heavy atom. The maximum absolute atomic E-state index is 13.6. The molecular weight excluding hydrogens is 377 g/mol. The van der Waals surface area contributed by atoms with Gasteiger partial charge in [-0.2, -0.15) is 0 Å². The summed E-state index contributed by atoms with van der Waals surface area (Å²) in [5.41, 5.74) is 1.75. The summed E-state index contributed by atoms with van der Waals surface area (Å²) < 4.78 is 25.4. The number of ether oxygens (including phenoxy) is 2. The van der Waals surface area contributed by atoms with Crippen LogP contribution in [0.4, 0.5) is 4.39 Å². The summed E-state index contributed by atoms with van der Waals surface area (Å²) in [6.45, 7) is 1.97. The number of fused-ring (bicyclic) bond motifs is 1. The fourth-order valence-electron chi connectivity index (χ4n) is 3.11. The van der Waals surface area contributed by atoms with Crippen LogP contribution in [0.15, 0.2) is 54.7 Å². The molecule has 0 unspecified atom stereocenters. The molecule has 0 bridgehead atoms. The van der Waals surface area contributed by atoms with Gasteiger partial charge in [0.05, 0.1) is 24.6 Å². The third kappa shape index (κ3) is 4.29. The molecule has 6 nitrogen and oxygen atoms in total. The second-order valence-electron chi connectivity index (χ2n) is 6.27. The molecule has 0 saturated carbocycles. The number of hydrogen-bond acceptors (Lipinski definition) is 5. The number of nitrogens with zero attached hydrogens (tertiary/aromatic N) is 1. The number of halogens is 1. The van der Waals surface area contributed by atoms with Crippen molar-refractivity contribution in [3.63, 3.8) is 0 Å². The molecule has 29 heavy (non-hydrogen) atoms. The van der Waals surface area contributed by atoms with Gasteiger partial charge in [0.15, 0.2) is 0 Å². The first-order valence-corrected chi connectivity index (χ1v) is 8.97. The lowest BCUT2D eigenvalue weighted by Crippen LogP contribution is -2.15. The lowest BCUT2D eigenvalue weighted by molar-refractivity contribution is -0.151. The molecule has 0 radical (unpaired) electrons.